The number of pyridine rings is 1. The fraction of sp³-hybridized carbons (Fsp3) is 0.500. The fourth-order valence-corrected chi connectivity index (χ4v) is 3.76. The summed E-state index contributed by atoms with van der Waals surface area (Å²) in [6, 6.07) is 0.868. The summed E-state index contributed by atoms with van der Waals surface area (Å²) < 4.78 is 47.1. The fourth-order valence-electron chi connectivity index (χ4n) is 2.69. The molecule has 0 spiro atoms. The van der Waals surface area contributed by atoms with Crippen molar-refractivity contribution in [2.24, 2.45) is 0 Å². The lowest BCUT2D eigenvalue weighted by molar-refractivity contribution is 0.226. The van der Waals surface area contributed by atoms with Crippen LogP contribution in [-0.2, 0) is 21.3 Å². The van der Waals surface area contributed by atoms with Crippen LogP contribution >= 0.6 is 0 Å². The SMILES string of the molecule is Cc1ccc(S(=O)(=O)NC(=O)NC2CCC(NC(=O)NS(=O)O)CC2)cn1. The minimum atomic E-state index is -4.01. The Kier molecular flexibility index (Phi) is 7.10. The smallest absolute Gasteiger partial charge is 0.328 e. The molecule has 1 aromatic rings. The van der Waals surface area contributed by atoms with E-state index in [2.05, 4.69) is 15.6 Å². The summed E-state index contributed by atoms with van der Waals surface area (Å²) >= 11 is -2.43. The second-order valence-corrected chi connectivity index (χ2v) is 8.47. The number of nitrogens with zero attached hydrogens (tertiary/aromatic N) is 1. The first-order valence-electron chi connectivity index (χ1n) is 8.09. The van der Waals surface area contributed by atoms with Gasteiger partial charge in [-0.3, -0.25) is 9.54 Å². The molecule has 0 radical (unpaired) electrons. The zero-order valence-electron chi connectivity index (χ0n) is 14.5. The molecular weight excluding hydrogens is 398 g/mol. The average Bonchev–Trinajstić information content (AvgIpc) is 2.55. The van der Waals surface area contributed by atoms with Gasteiger partial charge in [0.15, 0.2) is 0 Å². The maximum absolute atomic E-state index is 12.1. The Bertz CT molecular complexity index is 806. The Morgan fingerprint density at radius 2 is 1.67 bits per heavy atom. The average molecular weight is 419 g/mol. The van der Waals surface area contributed by atoms with Crippen molar-refractivity contribution in [2.75, 3.05) is 0 Å². The number of amides is 4. The summed E-state index contributed by atoms with van der Waals surface area (Å²) in [7, 11) is -4.01. The number of hydrogen-bond donors (Lipinski definition) is 5. The number of hydrogen-bond acceptors (Lipinski definition) is 6. The monoisotopic (exact) mass is 419 g/mol. The molecule has 1 fully saturated rings. The van der Waals surface area contributed by atoms with Gasteiger partial charge in [-0.2, -0.15) is 0 Å². The molecule has 1 saturated carbocycles. The molecular formula is C14H21N5O6S2. The molecule has 1 aliphatic carbocycles. The predicted molar refractivity (Wildman–Crippen MR) is 96.3 cm³/mol. The summed E-state index contributed by atoms with van der Waals surface area (Å²) in [4.78, 5) is 27.1. The maximum Gasteiger partial charge on any atom is 0.328 e. The molecule has 0 aliphatic heterocycles. The van der Waals surface area contributed by atoms with E-state index in [4.69, 9.17) is 4.55 Å². The van der Waals surface area contributed by atoms with Crippen molar-refractivity contribution >= 4 is 33.4 Å². The van der Waals surface area contributed by atoms with Gasteiger partial charge in [-0.25, -0.2) is 31.7 Å². The van der Waals surface area contributed by atoms with Gasteiger partial charge in [0.25, 0.3) is 21.3 Å². The van der Waals surface area contributed by atoms with Gasteiger partial charge in [0.2, 0.25) is 0 Å². The van der Waals surface area contributed by atoms with E-state index in [0.717, 1.165) is 0 Å². The second-order valence-electron chi connectivity index (χ2n) is 6.09. The normalized spacial score (nSPS) is 21.0. The number of aryl methyl sites for hydroxylation is 1. The molecule has 11 nitrogen and oxygen atoms in total. The highest BCUT2D eigenvalue weighted by Crippen LogP contribution is 2.18. The van der Waals surface area contributed by atoms with Gasteiger partial charge in [0.05, 0.1) is 0 Å². The lowest BCUT2D eigenvalue weighted by Gasteiger charge is -2.29. The topological polar surface area (TPSA) is 167 Å². The van der Waals surface area contributed by atoms with Gasteiger partial charge < -0.3 is 10.6 Å². The molecule has 1 heterocycles. The molecule has 150 valence electrons. The van der Waals surface area contributed by atoms with E-state index in [1.54, 1.807) is 11.6 Å². The molecule has 13 heteroatoms. The quantitative estimate of drug-likeness (QED) is 0.423. The Balaban J connectivity index is 1.79. The van der Waals surface area contributed by atoms with Gasteiger partial charge in [-0.15, -0.1) is 0 Å². The number of urea groups is 2. The molecule has 1 aromatic heterocycles. The van der Waals surface area contributed by atoms with Gasteiger partial charge >= 0.3 is 12.1 Å². The van der Waals surface area contributed by atoms with Gasteiger partial charge in [-0.1, -0.05) is 0 Å². The summed E-state index contributed by atoms with van der Waals surface area (Å²) in [5.41, 5.74) is 0.655. The number of aromatic nitrogens is 1. The molecule has 2 rings (SSSR count). The minimum Gasteiger partial charge on any atom is -0.335 e. The van der Waals surface area contributed by atoms with E-state index < -0.39 is 33.4 Å². The van der Waals surface area contributed by atoms with E-state index in [9.17, 15) is 22.2 Å². The highest BCUT2D eigenvalue weighted by molar-refractivity contribution is 7.90. The Labute approximate surface area is 159 Å². The molecule has 1 unspecified atom stereocenters. The first-order chi connectivity index (χ1) is 12.7. The van der Waals surface area contributed by atoms with Crippen LogP contribution in [0.1, 0.15) is 31.4 Å². The van der Waals surface area contributed by atoms with Gasteiger partial charge in [0.1, 0.15) is 4.90 Å². The van der Waals surface area contributed by atoms with Crippen molar-refractivity contribution in [2.45, 2.75) is 49.6 Å². The first-order valence-corrected chi connectivity index (χ1v) is 10.7. The van der Waals surface area contributed by atoms with Gasteiger partial charge in [-0.05, 0) is 44.7 Å². The van der Waals surface area contributed by atoms with Crippen LogP contribution in [-0.4, -0.2) is 46.3 Å². The molecule has 27 heavy (non-hydrogen) atoms. The summed E-state index contributed by atoms with van der Waals surface area (Å²) in [5.74, 6) is 0. The van der Waals surface area contributed by atoms with Crippen LogP contribution in [0.5, 0.6) is 0 Å². The molecule has 0 saturated heterocycles. The largest absolute Gasteiger partial charge is 0.335 e. The van der Waals surface area contributed by atoms with Crippen LogP contribution < -0.4 is 20.1 Å². The number of carbonyl (C=O) groups is 2. The van der Waals surface area contributed by atoms with Crippen LogP contribution in [0.4, 0.5) is 9.59 Å². The molecule has 0 bridgehead atoms. The number of carbonyl (C=O) groups excluding carboxylic acids is 2. The predicted octanol–water partition coefficient (Wildman–Crippen LogP) is 0.125. The van der Waals surface area contributed by atoms with E-state index in [1.807, 2.05) is 4.72 Å². The van der Waals surface area contributed by atoms with Crippen LogP contribution in [0.2, 0.25) is 0 Å². The lowest BCUT2D eigenvalue weighted by Crippen LogP contribution is -2.49. The first kappa shape index (κ1) is 21.1. The van der Waals surface area contributed by atoms with E-state index in [-0.39, 0.29) is 17.0 Å². The highest BCUT2D eigenvalue weighted by Gasteiger charge is 2.25. The standard InChI is InChI=1S/C14H21N5O6S2/c1-9-2-7-12(8-15-9)27(24,25)19-14(21)17-11-5-3-10(4-6-11)16-13(20)18-26(22)23/h2,7-8,10-11H,3-6H2,1H3,(H,22,23)(H2,16,18,20)(H2,17,19,21). The molecule has 1 atom stereocenters. The maximum atomic E-state index is 12.1. The molecule has 5 N–H and O–H groups in total. The van der Waals surface area contributed by atoms with Crippen LogP contribution in [0.15, 0.2) is 23.2 Å². The molecule has 1 aliphatic rings. The van der Waals surface area contributed by atoms with E-state index in [1.165, 1.54) is 18.3 Å². The third-order valence-electron chi connectivity index (χ3n) is 4.00. The summed E-state index contributed by atoms with van der Waals surface area (Å²) in [6.07, 6.45) is 3.28. The van der Waals surface area contributed by atoms with Gasteiger partial charge in [0, 0.05) is 24.0 Å². The molecule has 0 aromatic carbocycles. The van der Waals surface area contributed by atoms with Crippen molar-refractivity contribution in [1.29, 1.82) is 0 Å². The highest BCUT2D eigenvalue weighted by atomic mass is 32.2. The summed E-state index contributed by atoms with van der Waals surface area (Å²) in [5, 5.41) is 5.15. The number of rotatable bonds is 5. The Morgan fingerprint density at radius 1 is 1.11 bits per heavy atom. The number of sulfonamides is 1. The number of nitrogens with one attached hydrogen (secondary N) is 4. The third-order valence-corrected chi connectivity index (χ3v) is 5.68. The minimum absolute atomic E-state index is 0.108. The van der Waals surface area contributed by atoms with Crippen molar-refractivity contribution in [3.63, 3.8) is 0 Å². The third kappa shape index (κ3) is 6.77. The van der Waals surface area contributed by atoms with Crippen LogP contribution in [0.25, 0.3) is 0 Å². The van der Waals surface area contributed by atoms with E-state index >= 15 is 0 Å². The Hall–Kier alpha value is -2.25. The Morgan fingerprint density at radius 3 is 2.15 bits per heavy atom. The second kappa shape index (κ2) is 9.10. The zero-order valence-corrected chi connectivity index (χ0v) is 16.1. The van der Waals surface area contributed by atoms with Crippen molar-refractivity contribution < 1.29 is 26.8 Å². The van der Waals surface area contributed by atoms with Crippen molar-refractivity contribution in [3.8, 4) is 0 Å². The van der Waals surface area contributed by atoms with Crippen molar-refractivity contribution in [3.05, 3.63) is 24.0 Å². The van der Waals surface area contributed by atoms with E-state index in [0.29, 0.717) is 31.4 Å². The lowest BCUT2D eigenvalue weighted by atomic mass is 9.91. The van der Waals surface area contributed by atoms with Crippen LogP contribution in [0.3, 0.4) is 0 Å². The summed E-state index contributed by atoms with van der Waals surface area (Å²) in [6.45, 7) is 1.72. The van der Waals surface area contributed by atoms with Crippen molar-refractivity contribution in [1.82, 2.24) is 25.1 Å². The zero-order chi connectivity index (χ0) is 20.0. The van der Waals surface area contributed by atoms with Crippen LogP contribution in [0, 0.1) is 6.92 Å². The molecule has 4 amide bonds.